The fourth-order valence-corrected chi connectivity index (χ4v) is 10.1. The third-order valence-corrected chi connectivity index (χ3v) is 13.1. The first-order valence-corrected chi connectivity index (χ1v) is 21.2. The van der Waals surface area contributed by atoms with Crippen LogP contribution in [0.3, 0.4) is 0 Å². The van der Waals surface area contributed by atoms with E-state index in [0.717, 1.165) is 50.1 Å². The Morgan fingerprint density at radius 3 is 1.64 bits per heavy atom. The molecular weight excluding hydrogens is 739 g/mol. The molecule has 10 aromatic carbocycles. The largest absolute Gasteiger partial charge is 0.455 e. The monoisotopic (exact) mass is 779 g/mol. The van der Waals surface area contributed by atoms with E-state index in [0.29, 0.717) is 0 Å². The Bertz CT molecular complexity index is 3480. The van der Waals surface area contributed by atoms with Gasteiger partial charge in [0.2, 0.25) is 0 Å². The normalized spacial score (nSPS) is 12.9. The maximum atomic E-state index is 6.49. The van der Waals surface area contributed by atoms with E-state index < -0.39 is 0 Å². The second-order valence-corrected chi connectivity index (χ2v) is 16.8. The van der Waals surface area contributed by atoms with Crippen molar-refractivity contribution in [1.82, 2.24) is 0 Å². The number of hydrogen-bond donors (Lipinski definition) is 0. The van der Waals surface area contributed by atoms with E-state index in [9.17, 15) is 0 Å². The van der Waals surface area contributed by atoms with Crippen LogP contribution in [-0.2, 0) is 5.41 Å². The van der Waals surface area contributed by atoms with Crippen molar-refractivity contribution in [3.8, 4) is 44.5 Å². The fraction of sp³-hybridized carbons (Fsp3) is 0.0508. The average molecular weight is 780 g/mol. The first kappa shape index (κ1) is 35.3. The highest BCUT2D eigenvalue weighted by molar-refractivity contribution is 6.12. The SMILES string of the molecule is CC1(C)c2ccccc2-c2c1cc(N(c1ccc(-c3cccc4c3oc3ccccc34)cc1)c1ccc(-c3cccc4cccc(-c5ccccc5)c34)cc1)c1ccccc21. The number of hydrogen-bond acceptors (Lipinski definition) is 2. The number of furan rings is 1. The predicted octanol–water partition coefficient (Wildman–Crippen LogP) is 16.7. The Morgan fingerprint density at radius 1 is 0.393 bits per heavy atom. The molecule has 1 aromatic heterocycles. The van der Waals surface area contributed by atoms with Gasteiger partial charge in [0.25, 0.3) is 0 Å². The highest BCUT2D eigenvalue weighted by Crippen LogP contribution is 2.54. The summed E-state index contributed by atoms with van der Waals surface area (Å²) < 4.78 is 6.49. The molecule has 0 bridgehead atoms. The van der Waals surface area contributed by atoms with E-state index in [1.54, 1.807) is 0 Å². The number of benzene rings is 10. The van der Waals surface area contributed by atoms with E-state index in [1.807, 2.05) is 6.07 Å². The van der Waals surface area contributed by atoms with Crippen molar-refractivity contribution in [1.29, 1.82) is 0 Å². The molecule has 0 atom stereocenters. The minimum Gasteiger partial charge on any atom is -0.455 e. The summed E-state index contributed by atoms with van der Waals surface area (Å²) in [7, 11) is 0. The van der Waals surface area contributed by atoms with E-state index in [-0.39, 0.29) is 5.41 Å². The van der Waals surface area contributed by atoms with Crippen LogP contribution in [0, 0.1) is 0 Å². The summed E-state index contributed by atoms with van der Waals surface area (Å²) in [6.45, 7) is 4.74. The molecule has 0 saturated heterocycles. The molecular formula is C59H41NO. The topological polar surface area (TPSA) is 16.4 Å². The highest BCUT2D eigenvalue weighted by atomic mass is 16.3. The molecule has 0 saturated carbocycles. The van der Waals surface area contributed by atoms with Crippen LogP contribution in [0.5, 0.6) is 0 Å². The zero-order valence-electron chi connectivity index (χ0n) is 34.1. The standard InChI is InChI=1S/C59H41NO/c1-59(2)52-27-10-8-22-51(52)57-49-21-7-6-19-47(49)54(37-53(57)59)60(43-35-31-40(32-36-43)46-25-14-26-50-48-20-9-11-28-55(48)61-58(46)50)42-33-29-39(30-34-42)45-24-13-18-41-17-12-23-44(56(41)45)38-15-4-3-5-16-38/h3-37H,1-2H3. The van der Waals surface area contributed by atoms with Crippen molar-refractivity contribution in [2.45, 2.75) is 19.3 Å². The highest BCUT2D eigenvalue weighted by Gasteiger charge is 2.37. The second-order valence-electron chi connectivity index (χ2n) is 16.8. The van der Waals surface area contributed by atoms with Gasteiger partial charge in [-0.05, 0) is 103 Å². The third-order valence-electron chi connectivity index (χ3n) is 13.1. The van der Waals surface area contributed by atoms with Crippen molar-refractivity contribution in [3.05, 3.63) is 223 Å². The molecule has 0 unspecified atom stereocenters. The molecule has 288 valence electrons. The van der Waals surface area contributed by atoms with Gasteiger partial charge in [0.05, 0.1) is 5.69 Å². The van der Waals surface area contributed by atoms with Crippen LogP contribution in [0.1, 0.15) is 25.0 Å². The van der Waals surface area contributed by atoms with Gasteiger partial charge in [-0.1, -0.05) is 190 Å². The Hall–Kier alpha value is -7.68. The van der Waals surface area contributed by atoms with E-state index in [4.69, 9.17) is 4.42 Å². The van der Waals surface area contributed by atoms with Gasteiger partial charge < -0.3 is 9.32 Å². The molecule has 1 aliphatic rings. The number of anilines is 3. The van der Waals surface area contributed by atoms with Crippen LogP contribution in [-0.4, -0.2) is 0 Å². The molecule has 0 spiro atoms. The van der Waals surface area contributed by atoms with E-state index in [2.05, 4.69) is 225 Å². The van der Waals surface area contributed by atoms with Crippen molar-refractivity contribution >= 4 is 60.5 Å². The summed E-state index contributed by atoms with van der Waals surface area (Å²) in [4.78, 5) is 2.45. The molecule has 1 heterocycles. The van der Waals surface area contributed by atoms with Crippen molar-refractivity contribution in [2.75, 3.05) is 4.90 Å². The van der Waals surface area contributed by atoms with Crippen molar-refractivity contribution in [2.24, 2.45) is 0 Å². The predicted molar refractivity (Wildman–Crippen MR) is 257 cm³/mol. The van der Waals surface area contributed by atoms with Gasteiger partial charge in [-0.25, -0.2) is 0 Å². The third kappa shape index (κ3) is 5.49. The summed E-state index contributed by atoms with van der Waals surface area (Å²) in [6.07, 6.45) is 0. The maximum absolute atomic E-state index is 6.49. The van der Waals surface area contributed by atoms with Crippen LogP contribution < -0.4 is 4.90 Å². The quantitative estimate of drug-likeness (QED) is 0.167. The minimum atomic E-state index is -0.166. The molecule has 2 heteroatoms. The lowest BCUT2D eigenvalue weighted by atomic mass is 9.81. The Labute approximate surface area is 355 Å². The van der Waals surface area contributed by atoms with Gasteiger partial charge in [0.15, 0.2) is 0 Å². The smallest absolute Gasteiger partial charge is 0.143 e. The summed E-state index contributed by atoms with van der Waals surface area (Å²) in [5.41, 5.74) is 17.5. The van der Waals surface area contributed by atoms with Gasteiger partial charge in [-0.15, -0.1) is 0 Å². The summed E-state index contributed by atoms with van der Waals surface area (Å²) >= 11 is 0. The van der Waals surface area contributed by atoms with Gasteiger partial charge in [-0.2, -0.15) is 0 Å². The maximum Gasteiger partial charge on any atom is 0.143 e. The Morgan fingerprint density at radius 2 is 0.918 bits per heavy atom. The van der Waals surface area contributed by atoms with E-state index >= 15 is 0 Å². The molecule has 2 nitrogen and oxygen atoms in total. The van der Waals surface area contributed by atoms with Gasteiger partial charge in [-0.3, -0.25) is 0 Å². The van der Waals surface area contributed by atoms with Crippen molar-refractivity contribution in [3.63, 3.8) is 0 Å². The number of para-hydroxylation sites is 2. The molecule has 61 heavy (non-hydrogen) atoms. The number of rotatable bonds is 6. The minimum absolute atomic E-state index is 0.166. The molecule has 0 N–H and O–H groups in total. The lowest BCUT2D eigenvalue weighted by Crippen LogP contribution is -2.17. The van der Waals surface area contributed by atoms with Gasteiger partial charge >= 0.3 is 0 Å². The first-order valence-electron chi connectivity index (χ1n) is 21.2. The molecule has 1 aliphatic carbocycles. The first-order chi connectivity index (χ1) is 30.0. The average Bonchev–Trinajstić information content (AvgIpc) is 3.81. The van der Waals surface area contributed by atoms with Crippen LogP contribution in [0.25, 0.3) is 88.0 Å². The lowest BCUT2D eigenvalue weighted by Gasteiger charge is -2.30. The number of nitrogens with zero attached hydrogens (tertiary/aromatic N) is 1. The summed E-state index contributed by atoms with van der Waals surface area (Å²) in [5, 5.41) is 7.26. The number of fused-ring (bicyclic) bond motifs is 9. The molecule has 0 radical (unpaired) electrons. The molecule has 12 rings (SSSR count). The van der Waals surface area contributed by atoms with Gasteiger partial charge in [0.1, 0.15) is 11.2 Å². The Balaban J connectivity index is 1.04. The molecule has 0 fully saturated rings. The molecule has 0 aliphatic heterocycles. The second kappa shape index (κ2) is 13.7. The van der Waals surface area contributed by atoms with Crippen LogP contribution in [0.2, 0.25) is 0 Å². The summed E-state index contributed by atoms with van der Waals surface area (Å²) in [5.74, 6) is 0. The lowest BCUT2D eigenvalue weighted by molar-refractivity contribution is 0.661. The van der Waals surface area contributed by atoms with Crippen LogP contribution in [0.4, 0.5) is 17.1 Å². The fourth-order valence-electron chi connectivity index (χ4n) is 10.1. The zero-order valence-corrected chi connectivity index (χ0v) is 34.1. The summed E-state index contributed by atoms with van der Waals surface area (Å²) in [6, 6.07) is 77.3. The molecule has 11 aromatic rings. The molecule has 0 amide bonds. The van der Waals surface area contributed by atoms with Crippen molar-refractivity contribution < 1.29 is 4.42 Å². The zero-order chi connectivity index (χ0) is 40.7. The Kier molecular flexibility index (Phi) is 7.92. The van der Waals surface area contributed by atoms with Crippen LogP contribution >= 0.6 is 0 Å². The van der Waals surface area contributed by atoms with Crippen LogP contribution in [0.15, 0.2) is 217 Å². The van der Waals surface area contributed by atoms with E-state index in [1.165, 1.54) is 66.1 Å². The van der Waals surface area contributed by atoms with Gasteiger partial charge in [0, 0.05) is 38.5 Å².